The van der Waals surface area contributed by atoms with Gasteiger partial charge in [-0.25, -0.2) is 10.3 Å². The van der Waals surface area contributed by atoms with Crippen molar-refractivity contribution in [3.05, 3.63) is 120 Å². The van der Waals surface area contributed by atoms with E-state index < -0.39 is 10.0 Å². The first-order chi connectivity index (χ1) is 19.9. The highest BCUT2D eigenvalue weighted by atomic mass is 32.2. The van der Waals surface area contributed by atoms with E-state index in [0.717, 1.165) is 29.6 Å². The van der Waals surface area contributed by atoms with Crippen LogP contribution in [-0.2, 0) is 10.0 Å². The Morgan fingerprint density at radius 3 is 2.34 bits per heavy atom. The van der Waals surface area contributed by atoms with E-state index in [1.807, 2.05) is 30.0 Å². The zero-order chi connectivity index (χ0) is 28.8. The van der Waals surface area contributed by atoms with Crippen LogP contribution < -0.4 is 10.3 Å². The van der Waals surface area contributed by atoms with E-state index in [1.165, 1.54) is 11.6 Å². The van der Waals surface area contributed by atoms with Crippen molar-refractivity contribution in [2.24, 2.45) is 5.84 Å². The lowest BCUT2D eigenvalue weighted by Gasteiger charge is -2.35. The Bertz CT molecular complexity index is 1670. The standard InChI is InChI=1S/C32H33N5O3S/c1-2-25(13-14-26-8-4-3-5-9-26)24-35-20-22-36(23-21-35)32(38)28-15-17-29(18-16-28)37(33)41(39,40)30-12-6-10-27-11-7-19-34-31(27)30/h2-19H,20-24,33H2,1H3/b14-13-,25-2+. The van der Waals surface area contributed by atoms with Crippen LogP contribution in [0, 0.1) is 0 Å². The van der Waals surface area contributed by atoms with Crippen LogP contribution in [0.4, 0.5) is 5.69 Å². The molecule has 1 aliphatic rings. The second kappa shape index (κ2) is 12.5. The SMILES string of the molecule is C/C=C(\C=C/c1ccccc1)CN1CCN(C(=O)c2ccc(N(N)S(=O)(=O)c3cccc4cccnc34)cc2)CC1. The Morgan fingerprint density at radius 1 is 0.927 bits per heavy atom. The largest absolute Gasteiger partial charge is 0.336 e. The first-order valence-corrected chi connectivity index (χ1v) is 14.9. The van der Waals surface area contributed by atoms with Crippen LogP contribution in [0.1, 0.15) is 22.8 Å². The van der Waals surface area contributed by atoms with Crippen molar-refractivity contribution in [3.63, 3.8) is 0 Å². The third kappa shape index (κ3) is 6.38. The molecule has 0 bridgehead atoms. The number of carbonyl (C=O) groups excluding carboxylic acids is 1. The van der Waals surface area contributed by atoms with Crippen LogP contribution >= 0.6 is 0 Å². The van der Waals surface area contributed by atoms with Crippen molar-refractivity contribution >= 4 is 38.6 Å². The number of rotatable bonds is 8. The minimum absolute atomic E-state index is 0.0211. The number of amides is 1. The summed E-state index contributed by atoms with van der Waals surface area (Å²) in [5.74, 6) is 6.01. The van der Waals surface area contributed by atoms with E-state index in [0.29, 0.717) is 29.6 Å². The molecule has 2 N–H and O–H groups in total. The van der Waals surface area contributed by atoms with Gasteiger partial charge in [-0.1, -0.05) is 66.8 Å². The average molecular weight is 568 g/mol. The molecule has 3 aromatic carbocycles. The van der Waals surface area contributed by atoms with Gasteiger partial charge in [-0.2, -0.15) is 8.42 Å². The number of sulfonamides is 1. The molecule has 5 rings (SSSR count). The molecule has 2 heterocycles. The van der Waals surface area contributed by atoms with Crippen molar-refractivity contribution in [3.8, 4) is 0 Å². The molecule has 0 aliphatic carbocycles. The predicted octanol–water partition coefficient (Wildman–Crippen LogP) is 4.72. The van der Waals surface area contributed by atoms with Gasteiger partial charge < -0.3 is 4.90 Å². The molecule has 1 aromatic heterocycles. The highest BCUT2D eigenvalue weighted by Crippen LogP contribution is 2.26. The Balaban J connectivity index is 1.20. The number of allylic oxidation sites excluding steroid dienone is 1. The first-order valence-electron chi connectivity index (χ1n) is 13.5. The molecule has 8 nitrogen and oxygen atoms in total. The summed E-state index contributed by atoms with van der Waals surface area (Å²) in [7, 11) is -4.07. The van der Waals surface area contributed by atoms with Crippen LogP contribution in [-0.4, -0.2) is 61.8 Å². The maximum atomic E-state index is 13.3. The van der Waals surface area contributed by atoms with Gasteiger partial charge in [-0.3, -0.25) is 14.7 Å². The number of anilines is 1. The normalized spacial score (nSPS) is 15.0. The minimum atomic E-state index is -4.07. The van der Waals surface area contributed by atoms with E-state index in [1.54, 1.807) is 54.7 Å². The van der Waals surface area contributed by atoms with Gasteiger partial charge in [0, 0.05) is 49.9 Å². The molecule has 0 spiro atoms. The van der Waals surface area contributed by atoms with Crippen LogP contribution in [0.15, 0.2) is 114 Å². The maximum Gasteiger partial charge on any atom is 0.279 e. The Morgan fingerprint density at radius 2 is 1.63 bits per heavy atom. The van der Waals surface area contributed by atoms with Gasteiger partial charge in [0.15, 0.2) is 0 Å². The average Bonchev–Trinajstić information content (AvgIpc) is 3.03. The smallest absolute Gasteiger partial charge is 0.279 e. The van der Waals surface area contributed by atoms with E-state index in [9.17, 15) is 13.2 Å². The summed E-state index contributed by atoms with van der Waals surface area (Å²) in [5, 5.41) is 0.702. The molecule has 1 amide bonds. The quantitative estimate of drug-likeness (QED) is 0.188. The van der Waals surface area contributed by atoms with Gasteiger partial charge in [0.1, 0.15) is 4.90 Å². The van der Waals surface area contributed by atoms with Crippen molar-refractivity contribution in [1.29, 1.82) is 0 Å². The van der Waals surface area contributed by atoms with Gasteiger partial charge in [-0.15, -0.1) is 0 Å². The lowest BCUT2D eigenvalue weighted by molar-refractivity contribution is 0.0648. The number of para-hydroxylation sites is 1. The van der Waals surface area contributed by atoms with E-state index in [2.05, 4.69) is 40.2 Å². The zero-order valence-corrected chi connectivity index (χ0v) is 23.7. The molecule has 41 heavy (non-hydrogen) atoms. The number of nitrogens with two attached hydrogens (primary N) is 1. The third-order valence-corrected chi connectivity index (χ3v) is 8.84. The van der Waals surface area contributed by atoms with Gasteiger partial charge in [-0.05, 0) is 54.5 Å². The molecular weight excluding hydrogens is 534 g/mol. The van der Waals surface area contributed by atoms with Crippen molar-refractivity contribution in [2.75, 3.05) is 37.1 Å². The van der Waals surface area contributed by atoms with Crippen molar-refractivity contribution < 1.29 is 13.2 Å². The summed E-state index contributed by atoms with van der Waals surface area (Å²) in [6.07, 6.45) is 7.93. The van der Waals surface area contributed by atoms with Crippen LogP contribution in [0.2, 0.25) is 0 Å². The molecule has 0 saturated carbocycles. The van der Waals surface area contributed by atoms with Crippen LogP contribution in [0.25, 0.3) is 17.0 Å². The Kier molecular flexibility index (Phi) is 8.58. The molecule has 0 unspecified atom stereocenters. The lowest BCUT2D eigenvalue weighted by atomic mass is 10.1. The molecule has 1 fully saturated rings. The number of carbonyl (C=O) groups is 1. The second-order valence-corrected chi connectivity index (χ2v) is 11.6. The Labute approximate surface area is 241 Å². The summed E-state index contributed by atoms with van der Waals surface area (Å²) in [6.45, 7) is 5.64. The number of hydrogen-bond donors (Lipinski definition) is 1. The van der Waals surface area contributed by atoms with E-state index in [4.69, 9.17) is 5.84 Å². The number of pyridine rings is 1. The monoisotopic (exact) mass is 567 g/mol. The molecular formula is C32H33N5O3S. The van der Waals surface area contributed by atoms with Crippen molar-refractivity contribution in [1.82, 2.24) is 14.8 Å². The minimum Gasteiger partial charge on any atom is -0.336 e. The van der Waals surface area contributed by atoms with Crippen molar-refractivity contribution in [2.45, 2.75) is 11.8 Å². The zero-order valence-electron chi connectivity index (χ0n) is 22.9. The maximum absolute atomic E-state index is 13.3. The molecule has 9 heteroatoms. The van der Waals surface area contributed by atoms with Gasteiger partial charge >= 0.3 is 0 Å². The second-order valence-electron chi connectivity index (χ2n) is 9.85. The summed E-state index contributed by atoms with van der Waals surface area (Å²) >= 11 is 0. The van der Waals surface area contributed by atoms with E-state index >= 15 is 0 Å². The highest BCUT2D eigenvalue weighted by molar-refractivity contribution is 7.93. The highest BCUT2D eigenvalue weighted by Gasteiger charge is 2.26. The third-order valence-electron chi connectivity index (χ3n) is 7.23. The van der Waals surface area contributed by atoms with Gasteiger partial charge in [0.25, 0.3) is 15.9 Å². The molecule has 1 saturated heterocycles. The molecule has 4 aromatic rings. The predicted molar refractivity (Wildman–Crippen MR) is 164 cm³/mol. The fourth-order valence-electron chi connectivity index (χ4n) is 4.84. The Hall–Kier alpha value is -4.31. The summed E-state index contributed by atoms with van der Waals surface area (Å²) in [6, 6.07) is 25.0. The fraction of sp³-hybridized carbons (Fsp3) is 0.188. The summed E-state index contributed by atoms with van der Waals surface area (Å²) in [5.41, 5.74) is 3.48. The number of fused-ring (bicyclic) bond motifs is 1. The van der Waals surface area contributed by atoms with Gasteiger partial charge in [0.2, 0.25) is 0 Å². The number of nitrogens with zero attached hydrogens (tertiary/aromatic N) is 4. The van der Waals surface area contributed by atoms with Crippen LogP contribution in [0.3, 0.4) is 0 Å². The van der Waals surface area contributed by atoms with Crippen LogP contribution in [0.5, 0.6) is 0 Å². The van der Waals surface area contributed by atoms with E-state index in [-0.39, 0.29) is 16.5 Å². The first kappa shape index (κ1) is 28.2. The molecule has 0 radical (unpaired) electrons. The molecule has 1 aliphatic heterocycles. The number of benzene rings is 3. The topological polar surface area (TPSA) is 99.8 Å². The number of aromatic nitrogens is 1. The lowest BCUT2D eigenvalue weighted by Crippen LogP contribution is -2.49. The number of piperazine rings is 1. The molecule has 0 atom stereocenters. The van der Waals surface area contributed by atoms with Gasteiger partial charge in [0.05, 0.1) is 11.2 Å². The number of hydrazine groups is 1. The number of hydrogen-bond acceptors (Lipinski definition) is 6. The summed E-state index contributed by atoms with van der Waals surface area (Å²) < 4.78 is 27.4. The fourth-order valence-corrected chi connectivity index (χ4v) is 6.11. The molecule has 210 valence electrons. The summed E-state index contributed by atoms with van der Waals surface area (Å²) in [4.78, 5) is 21.6.